The maximum atomic E-state index is 13.1. The van der Waals surface area contributed by atoms with E-state index in [0.29, 0.717) is 22.3 Å². The molecule has 0 bridgehead atoms. The predicted molar refractivity (Wildman–Crippen MR) is 108 cm³/mol. The van der Waals surface area contributed by atoms with E-state index in [4.69, 9.17) is 0 Å². The van der Waals surface area contributed by atoms with Gasteiger partial charge >= 0.3 is 0 Å². The standard InChI is InChI=1S/C21H19N5O2/c1-14-8-6-7-11-18(14)23-19(27)13-25-21(28)20-17(15(2)24-25)12-22-26(20)16-9-4-3-5-10-16/h3-12H,13H2,1-2H3,(H,23,27). The van der Waals surface area contributed by atoms with Crippen molar-refractivity contribution in [3.05, 3.63) is 82.4 Å². The van der Waals surface area contributed by atoms with Crippen molar-refractivity contribution in [3.8, 4) is 5.69 Å². The Labute approximate surface area is 161 Å². The number of anilines is 1. The Balaban J connectivity index is 1.72. The summed E-state index contributed by atoms with van der Waals surface area (Å²) < 4.78 is 2.77. The van der Waals surface area contributed by atoms with Crippen molar-refractivity contribution in [1.29, 1.82) is 0 Å². The molecule has 0 saturated carbocycles. The molecule has 2 aromatic carbocycles. The van der Waals surface area contributed by atoms with Crippen molar-refractivity contribution in [2.45, 2.75) is 20.4 Å². The highest BCUT2D eigenvalue weighted by Crippen LogP contribution is 2.17. The lowest BCUT2D eigenvalue weighted by Gasteiger charge is -2.10. The summed E-state index contributed by atoms with van der Waals surface area (Å²) in [5.41, 5.74) is 3.12. The SMILES string of the molecule is Cc1ccccc1NC(=O)Cn1nc(C)c2cnn(-c3ccccc3)c2c1=O. The lowest BCUT2D eigenvalue weighted by atomic mass is 10.2. The van der Waals surface area contributed by atoms with Gasteiger partial charge in [0.2, 0.25) is 5.91 Å². The molecule has 0 atom stereocenters. The number of nitrogens with zero attached hydrogens (tertiary/aromatic N) is 4. The quantitative estimate of drug-likeness (QED) is 0.596. The minimum absolute atomic E-state index is 0.177. The number of carbonyl (C=O) groups excluding carboxylic acids is 1. The molecule has 0 saturated heterocycles. The van der Waals surface area contributed by atoms with Crippen LogP contribution in [0.5, 0.6) is 0 Å². The zero-order valence-corrected chi connectivity index (χ0v) is 15.6. The predicted octanol–water partition coefficient (Wildman–Crippen LogP) is 2.84. The zero-order chi connectivity index (χ0) is 19.7. The number of benzene rings is 2. The van der Waals surface area contributed by atoms with Gasteiger partial charge in [-0.2, -0.15) is 10.2 Å². The number of fused-ring (bicyclic) bond motifs is 1. The maximum Gasteiger partial charge on any atom is 0.293 e. The number of aryl methyl sites for hydroxylation is 2. The van der Waals surface area contributed by atoms with Crippen LogP contribution in [0.3, 0.4) is 0 Å². The fraction of sp³-hybridized carbons (Fsp3) is 0.143. The lowest BCUT2D eigenvalue weighted by molar-refractivity contribution is -0.117. The Morgan fingerprint density at radius 2 is 1.75 bits per heavy atom. The van der Waals surface area contributed by atoms with Crippen molar-refractivity contribution < 1.29 is 4.79 Å². The van der Waals surface area contributed by atoms with Crippen molar-refractivity contribution in [3.63, 3.8) is 0 Å². The number of carbonyl (C=O) groups is 1. The van der Waals surface area contributed by atoms with E-state index >= 15 is 0 Å². The van der Waals surface area contributed by atoms with Crippen LogP contribution in [0.25, 0.3) is 16.6 Å². The third-order valence-electron chi connectivity index (χ3n) is 4.58. The minimum Gasteiger partial charge on any atom is -0.324 e. The van der Waals surface area contributed by atoms with Crippen molar-refractivity contribution in [1.82, 2.24) is 19.6 Å². The average Bonchev–Trinajstić information content (AvgIpc) is 3.14. The second-order valence-electron chi connectivity index (χ2n) is 6.57. The summed E-state index contributed by atoms with van der Waals surface area (Å²) in [6.45, 7) is 3.53. The minimum atomic E-state index is -0.359. The molecule has 0 unspecified atom stereocenters. The van der Waals surface area contributed by atoms with Gasteiger partial charge in [0.05, 0.1) is 17.6 Å². The molecular formula is C21H19N5O2. The van der Waals surface area contributed by atoms with Gasteiger partial charge in [-0.05, 0) is 37.6 Å². The number of hydrogen-bond donors (Lipinski definition) is 1. The van der Waals surface area contributed by atoms with Crippen molar-refractivity contribution in [2.75, 3.05) is 5.32 Å². The lowest BCUT2D eigenvalue weighted by Crippen LogP contribution is -2.31. The zero-order valence-electron chi connectivity index (χ0n) is 15.6. The Morgan fingerprint density at radius 1 is 1.04 bits per heavy atom. The number of aromatic nitrogens is 4. The summed E-state index contributed by atoms with van der Waals surface area (Å²) in [6, 6.07) is 16.9. The maximum absolute atomic E-state index is 13.1. The summed E-state index contributed by atoms with van der Waals surface area (Å²) in [5.74, 6) is -0.312. The van der Waals surface area contributed by atoms with Gasteiger partial charge in [0.1, 0.15) is 12.1 Å². The van der Waals surface area contributed by atoms with Gasteiger partial charge in [0.25, 0.3) is 5.56 Å². The molecule has 0 fully saturated rings. The van der Waals surface area contributed by atoms with E-state index in [1.807, 2.05) is 61.5 Å². The molecule has 2 heterocycles. The summed E-state index contributed by atoms with van der Waals surface area (Å²) in [4.78, 5) is 25.5. The number of rotatable bonds is 4. The summed E-state index contributed by atoms with van der Waals surface area (Å²) in [5, 5.41) is 12.2. The molecule has 1 amide bonds. The molecule has 0 spiro atoms. The van der Waals surface area contributed by atoms with E-state index in [1.165, 1.54) is 4.68 Å². The Kier molecular flexibility index (Phi) is 4.49. The van der Waals surface area contributed by atoms with Crippen LogP contribution >= 0.6 is 0 Å². The molecule has 4 aromatic rings. The molecular weight excluding hydrogens is 354 g/mol. The largest absolute Gasteiger partial charge is 0.324 e. The molecule has 1 N–H and O–H groups in total. The third kappa shape index (κ3) is 3.18. The van der Waals surface area contributed by atoms with Gasteiger partial charge in [-0.15, -0.1) is 0 Å². The Bertz CT molecular complexity index is 1220. The van der Waals surface area contributed by atoms with Crippen LogP contribution in [0.4, 0.5) is 5.69 Å². The van der Waals surface area contributed by atoms with Crippen LogP contribution in [0.1, 0.15) is 11.3 Å². The molecule has 7 heteroatoms. The first-order valence-electron chi connectivity index (χ1n) is 8.91. The summed E-state index contributed by atoms with van der Waals surface area (Å²) >= 11 is 0. The summed E-state index contributed by atoms with van der Waals surface area (Å²) in [6.07, 6.45) is 1.63. The Hall–Kier alpha value is -3.74. The van der Waals surface area contributed by atoms with Crippen molar-refractivity contribution >= 4 is 22.5 Å². The number of nitrogens with one attached hydrogen (secondary N) is 1. The van der Waals surface area contributed by atoms with Crippen LogP contribution in [-0.4, -0.2) is 25.5 Å². The molecule has 140 valence electrons. The number of para-hydroxylation sites is 2. The molecule has 0 aliphatic rings. The number of amides is 1. The smallest absolute Gasteiger partial charge is 0.293 e. The molecule has 4 rings (SSSR count). The van der Waals surface area contributed by atoms with E-state index in [0.717, 1.165) is 11.3 Å². The highest BCUT2D eigenvalue weighted by Gasteiger charge is 2.16. The number of hydrogen-bond acceptors (Lipinski definition) is 4. The van der Waals surface area contributed by atoms with Crippen LogP contribution in [0, 0.1) is 13.8 Å². The summed E-state index contributed by atoms with van der Waals surface area (Å²) in [7, 11) is 0. The van der Waals surface area contributed by atoms with E-state index in [9.17, 15) is 9.59 Å². The highest BCUT2D eigenvalue weighted by molar-refractivity contribution is 5.91. The van der Waals surface area contributed by atoms with Crippen LogP contribution in [0.15, 0.2) is 65.6 Å². The van der Waals surface area contributed by atoms with Gasteiger partial charge in [0, 0.05) is 11.1 Å². The van der Waals surface area contributed by atoms with Crippen molar-refractivity contribution in [2.24, 2.45) is 0 Å². The van der Waals surface area contributed by atoms with E-state index in [-0.39, 0.29) is 18.0 Å². The molecule has 2 aromatic heterocycles. The molecule has 7 nitrogen and oxygen atoms in total. The highest BCUT2D eigenvalue weighted by atomic mass is 16.2. The van der Waals surface area contributed by atoms with E-state index in [2.05, 4.69) is 15.5 Å². The van der Waals surface area contributed by atoms with E-state index in [1.54, 1.807) is 17.8 Å². The fourth-order valence-electron chi connectivity index (χ4n) is 3.13. The average molecular weight is 373 g/mol. The van der Waals surface area contributed by atoms with Gasteiger partial charge in [-0.3, -0.25) is 9.59 Å². The molecule has 28 heavy (non-hydrogen) atoms. The van der Waals surface area contributed by atoms with Gasteiger partial charge < -0.3 is 5.32 Å². The first-order valence-corrected chi connectivity index (χ1v) is 8.91. The molecule has 0 aliphatic heterocycles. The Morgan fingerprint density at radius 3 is 2.50 bits per heavy atom. The second kappa shape index (κ2) is 7.11. The fourth-order valence-corrected chi connectivity index (χ4v) is 3.13. The van der Waals surface area contributed by atoms with Gasteiger partial charge in [0.15, 0.2) is 0 Å². The van der Waals surface area contributed by atoms with Crippen LogP contribution in [-0.2, 0) is 11.3 Å². The second-order valence-corrected chi connectivity index (χ2v) is 6.57. The van der Waals surface area contributed by atoms with Gasteiger partial charge in [-0.25, -0.2) is 9.36 Å². The molecule has 0 radical (unpaired) electrons. The molecule has 0 aliphatic carbocycles. The van der Waals surface area contributed by atoms with E-state index < -0.39 is 0 Å². The van der Waals surface area contributed by atoms with Crippen LogP contribution in [0.2, 0.25) is 0 Å². The van der Waals surface area contributed by atoms with Crippen LogP contribution < -0.4 is 10.9 Å². The first-order chi connectivity index (χ1) is 13.5. The third-order valence-corrected chi connectivity index (χ3v) is 4.58. The van der Waals surface area contributed by atoms with Gasteiger partial charge in [-0.1, -0.05) is 36.4 Å². The topological polar surface area (TPSA) is 81.8 Å². The normalized spacial score (nSPS) is 10.9. The monoisotopic (exact) mass is 373 g/mol. The first kappa shape index (κ1) is 17.7.